The predicted molar refractivity (Wildman–Crippen MR) is 87.8 cm³/mol. The predicted octanol–water partition coefficient (Wildman–Crippen LogP) is 1.73. The van der Waals surface area contributed by atoms with Crippen LogP contribution in [0.1, 0.15) is 25.7 Å². The quantitative estimate of drug-likeness (QED) is 0.676. The molecule has 2 amide bonds. The highest BCUT2D eigenvalue weighted by atomic mass is 16.5. The summed E-state index contributed by atoms with van der Waals surface area (Å²) in [5, 5.41) is 5.64. The Labute approximate surface area is 135 Å². The standard InChI is InChI=1S/C16H23N3O4/c1-22-13-8-11(18-15(20)4-3-7-17)12(9-14(13)23-2)19-16(21)10-5-6-10/h8-10H,3-7,17H2,1-2H3,(H,18,20)(H,19,21). The van der Waals surface area contributed by atoms with E-state index in [0.29, 0.717) is 42.3 Å². The van der Waals surface area contributed by atoms with E-state index in [0.717, 1.165) is 12.8 Å². The van der Waals surface area contributed by atoms with Crippen molar-refractivity contribution in [2.24, 2.45) is 11.7 Å². The average Bonchev–Trinajstić information content (AvgIpc) is 3.38. The van der Waals surface area contributed by atoms with Crippen molar-refractivity contribution in [3.8, 4) is 11.5 Å². The van der Waals surface area contributed by atoms with Crippen LogP contribution in [0.3, 0.4) is 0 Å². The minimum atomic E-state index is -0.162. The second-order valence-corrected chi connectivity index (χ2v) is 5.46. The summed E-state index contributed by atoms with van der Waals surface area (Å²) in [6.07, 6.45) is 2.72. The number of hydrogen-bond donors (Lipinski definition) is 3. The number of ether oxygens (including phenoxy) is 2. The van der Waals surface area contributed by atoms with Crippen LogP contribution in [0.15, 0.2) is 12.1 Å². The Bertz CT molecular complexity index is 585. The SMILES string of the molecule is COc1cc(NC(=O)CCCN)c(NC(=O)C2CC2)cc1OC. The van der Waals surface area contributed by atoms with Crippen LogP contribution in [-0.4, -0.2) is 32.6 Å². The Hall–Kier alpha value is -2.28. The lowest BCUT2D eigenvalue weighted by molar-refractivity contribution is -0.117. The molecule has 126 valence electrons. The third-order valence-electron chi connectivity index (χ3n) is 3.61. The molecule has 0 spiro atoms. The van der Waals surface area contributed by atoms with Crippen LogP contribution in [0.4, 0.5) is 11.4 Å². The van der Waals surface area contributed by atoms with Gasteiger partial charge in [-0.2, -0.15) is 0 Å². The van der Waals surface area contributed by atoms with E-state index in [1.165, 1.54) is 14.2 Å². The van der Waals surface area contributed by atoms with Crippen LogP contribution in [0.2, 0.25) is 0 Å². The molecule has 0 atom stereocenters. The van der Waals surface area contributed by atoms with E-state index in [1.54, 1.807) is 12.1 Å². The first-order valence-corrected chi connectivity index (χ1v) is 7.65. The van der Waals surface area contributed by atoms with Gasteiger partial charge in [0.2, 0.25) is 11.8 Å². The molecule has 4 N–H and O–H groups in total. The molecule has 0 unspecified atom stereocenters. The van der Waals surface area contributed by atoms with E-state index in [9.17, 15) is 9.59 Å². The number of carbonyl (C=O) groups is 2. The third kappa shape index (κ3) is 4.59. The lowest BCUT2D eigenvalue weighted by Gasteiger charge is -2.16. The molecule has 2 rings (SSSR count). The van der Waals surface area contributed by atoms with Gasteiger partial charge in [-0.1, -0.05) is 0 Å². The van der Waals surface area contributed by atoms with E-state index in [-0.39, 0.29) is 17.7 Å². The number of amides is 2. The molecule has 0 aromatic heterocycles. The Morgan fingerprint density at radius 3 is 2.17 bits per heavy atom. The maximum Gasteiger partial charge on any atom is 0.227 e. The zero-order valence-electron chi connectivity index (χ0n) is 13.5. The molecule has 7 heteroatoms. The summed E-state index contributed by atoms with van der Waals surface area (Å²) in [5.74, 6) is 0.813. The lowest BCUT2D eigenvalue weighted by Crippen LogP contribution is -2.18. The van der Waals surface area contributed by atoms with Crippen molar-refractivity contribution in [2.75, 3.05) is 31.4 Å². The van der Waals surface area contributed by atoms with Gasteiger partial charge in [0.05, 0.1) is 25.6 Å². The van der Waals surface area contributed by atoms with Gasteiger partial charge in [-0.3, -0.25) is 9.59 Å². The summed E-state index contributed by atoms with van der Waals surface area (Å²) in [6, 6.07) is 3.29. The van der Waals surface area contributed by atoms with Crippen LogP contribution in [0, 0.1) is 5.92 Å². The summed E-state index contributed by atoms with van der Waals surface area (Å²) in [6.45, 7) is 0.449. The zero-order chi connectivity index (χ0) is 16.8. The second kappa shape index (κ2) is 7.82. The molecule has 0 aliphatic heterocycles. The van der Waals surface area contributed by atoms with Crippen LogP contribution < -0.4 is 25.8 Å². The van der Waals surface area contributed by atoms with Gasteiger partial charge in [0, 0.05) is 24.5 Å². The number of nitrogens with two attached hydrogens (primary N) is 1. The van der Waals surface area contributed by atoms with Crippen molar-refractivity contribution in [1.82, 2.24) is 0 Å². The summed E-state index contributed by atoms with van der Waals surface area (Å²) < 4.78 is 10.5. The van der Waals surface area contributed by atoms with E-state index < -0.39 is 0 Å². The van der Waals surface area contributed by atoms with Gasteiger partial charge in [-0.15, -0.1) is 0 Å². The summed E-state index contributed by atoms with van der Waals surface area (Å²) in [4.78, 5) is 24.0. The highest BCUT2D eigenvalue weighted by Crippen LogP contribution is 2.38. The van der Waals surface area contributed by atoms with Crippen LogP contribution in [-0.2, 0) is 9.59 Å². The van der Waals surface area contributed by atoms with Crippen molar-refractivity contribution in [3.63, 3.8) is 0 Å². The number of carbonyl (C=O) groups excluding carboxylic acids is 2. The summed E-state index contributed by atoms with van der Waals surface area (Å²) >= 11 is 0. The van der Waals surface area contributed by atoms with Crippen molar-refractivity contribution >= 4 is 23.2 Å². The fourth-order valence-electron chi connectivity index (χ4n) is 2.14. The van der Waals surface area contributed by atoms with Crippen LogP contribution >= 0.6 is 0 Å². The molecule has 1 aromatic rings. The number of methoxy groups -OCH3 is 2. The average molecular weight is 321 g/mol. The zero-order valence-corrected chi connectivity index (χ0v) is 13.5. The van der Waals surface area contributed by atoms with Gasteiger partial charge in [0.15, 0.2) is 11.5 Å². The smallest absolute Gasteiger partial charge is 0.227 e. The number of rotatable bonds is 8. The first kappa shape index (κ1) is 17.1. The minimum Gasteiger partial charge on any atom is -0.493 e. The van der Waals surface area contributed by atoms with Gasteiger partial charge in [0.25, 0.3) is 0 Å². The molecule has 7 nitrogen and oxygen atoms in total. The highest BCUT2D eigenvalue weighted by molar-refractivity contribution is 6.01. The van der Waals surface area contributed by atoms with Crippen LogP contribution in [0.5, 0.6) is 11.5 Å². The third-order valence-corrected chi connectivity index (χ3v) is 3.61. The number of hydrogen-bond acceptors (Lipinski definition) is 5. The van der Waals surface area contributed by atoms with Crippen molar-refractivity contribution in [2.45, 2.75) is 25.7 Å². The lowest BCUT2D eigenvalue weighted by atomic mass is 10.2. The molecule has 1 aliphatic carbocycles. The van der Waals surface area contributed by atoms with Gasteiger partial charge >= 0.3 is 0 Å². The summed E-state index contributed by atoms with van der Waals surface area (Å²) in [7, 11) is 3.03. The second-order valence-electron chi connectivity index (χ2n) is 5.46. The molecule has 0 saturated heterocycles. The molecular formula is C16H23N3O4. The number of benzene rings is 1. The number of nitrogens with one attached hydrogen (secondary N) is 2. The fraction of sp³-hybridized carbons (Fsp3) is 0.500. The Morgan fingerprint density at radius 1 is 1.13 bits per heavy atom. The molecule has 23 heavy (non-hydrogen) atoms. The first-order chi connectivity index (χ1) is 11.1. The van der Waals surface area contributed by atoms with Gasteiger partial charge < -0.3 is 25.8 Å². The molecule has 1 aromatic carbocycles. The summed E-state index contributed by atoms with van der Waals surface area (Å²) in [5.41, 5.74) is 6.40. The monoisotopic (exact) mass is 321 g/mol. The minimum absolute atomic E-state index is 0.0466. The molecule has 1 saturated carbocycles. The van der Waals surface area contributed by atoms with Crippen molar-refractivity contribution < 1.29 is 19.1 Å². The molecule has 0 bridgehead atoms. The molecule has 1 fully saturated rings. The highest BCUT2D eigenvalue weighted by Gasteiger charge is 2.30. The van der Waals surface area contributed by atoms with Crippen molar-refractivity contribution in [3.05, 3.63) is 12.1 Å². The maximum atomic E-state index is 12.0. The normalized spacial score (nSPS) is 13.3. The van der Waals surface area contributed by atoms with Crippen molar-refractivity contribution in [1.29, 1.82) is 0 Å². The Morgan fingerprint density at radius 2 is 1.70 bits per heavy atom. The largest absolute Gasteiger partial charge is 0.493 e. The maximum absolute atomic E-state index is 12.0. The molecular weight excluding hydrogens is 298 g/mol. The van der Waals surface area contributed by atoms with Gasteiger partial charge in [0.1, 0.15) is 0 Å². The van der Waals surface area contributed by atoms with Gasteiger partial charge in [-0.25, -0.2) is 0 Å². The number of anilines is 2. The first-order valence-electron chi connectivity index (χ1n) is 7.65. The Kier molecular flexibility index (Phi) is 5.81. The fourth-order valence-corrected chi connectivity index (χ4v) is 2.14. The topological polar surface area (TPSA) is 103 Å². The molecule has 0 radical (unpaired) electrons. The van der Waals surface area contributed by atoms with E-state index in [1.807, 2.05) is 0 Å². The molecule has 1 aliphatic rings. The molecule has 0 heterocycles. The van der Waals surface area contributed by atoms with E-state index in [2.05, 4.69) is 10.6 Å². The Balaban J connectivity index is 2.23. The van der Waals surface area contributed by atoms with Gasteiger partial charge in [-0.05, 0) is 25.8 Å². The van der Waals surface area contributed by atoms with E-state index in [4.69, 9.17) is 15.2 Å². The van der Waals surface area contributed by atoms with E-state index >= 15 is 0 Å². The van der Waals surface area contributed by atoms with Crippen LogP contribution in [0.25, 0.3) is 0 Å².